The standard InChI is InChI=1S/C26H40O5/c1-15(5-10-23(29)30)20-8-9-21-19-7-6-17-13-18(31-16(2)27)11-12-25(17,3)24(19)22(28)14-26(20,21)4/h15,17-21,24H,5-14H2,1-4H3,(H,29,30)/t15-,17+,18-,19-,20+,21-,24+,25-,26+/m0/s1. The van der Waals surface area contributed by atoms with Crippen molar-refractivity contribution in [2.75, 3.05) is 0 Å². The van der Waals surface area contributed by atoms with E-state index in [-0.39, 0.29) is 35.2 Å². The summed E-state index contributed by atoms with van der Waals surface area (Å²) in [4.78, 5) is 36.3. The maximum absolute atomic E-state index is 13.8. The Bertz CT molecular complexity index is 746. The molecule has 4 aliphatic rings. The molecule has 0 radical (unpaired) electrons. The molecule has 0 unspecified atom stereocenters. The molecule has 0 saturated heterocycles. The average Bonchev–Trinajstić information content (AvgIpc) is 3.02. The number of aliphatic carboxylic acids is 1. The zero-order valence-corrected chi connectivity index (χ0v) is 19.7. The van der Waals surface area contributed by atoms with Gasteiger partial charge in [0.15, 0.2) is 0 Å². The third kappa shape index (κ3) is 3.84. The molecule has 4 rings (SSSR count). The number of fused-ring (bicyclic) bond motifs is 5. The first-order chi connectivity index (χ1) is 14.6. The Hall–Kier alpha value is -1.39. The zero-order chi connectivity index (χ0) is 22.6. The first kappa shape index (κ1) is 22.8. The van der Waals surface area contributed by atoms with E-state index in [1.54, 1.807) is 0 Å². The summed E-state index contributed by atoms with van der Waals surface area (Å²) in [5.41, 5.74) is 0.0549. The van der Waals surface area contributed by atoms with Crippen LogP contribution in [0.3, 0.4) is 0 Å². The molecule has 0 spiro atoms. The van der Waals surface area contributed by atoms with Crippen LogP contribution in [0.25, 0.3) is 0 Å². The van der Waals surface area contributed by atoms with E-state index in [9.17, 15) is 14.4 Å². The van der Waals surface area contributed by atoms with Crippen molar-refractivity contribution in [3.05, 3.63) is 0 Å². The van der Waals surface area contributed by atoms with Crippen molar-refractivity contribution in [3.8, 4) is 0 Å². The van der Waals surface area contributed by atoms with Crippen LogP contribution in [0, 0.1) is 46.3 Å². The Morgan fingerprint density at radius 1 is 1.13 bits per heavy atom. The Labute approximate surface area is 186 Å². The van der Waals surface area contributed by atoms with Gasteiger partial charge < -0.3 is 9.84 Å². The number of Topliss-reactive ketones (excluding diaryl/α,β-unsaturated/α-hetero) is 1. The molecule has 0 aromatic heterocycles. The second-order valence-corrected chi connectivity index (χ2v) is 11.8. The summed E-state index contributed by atoms with van der Waals surface area (Å²) in [5.74, 6) is 2.00. The number of hydrogen-bond acceptors (Lipinski definition) is 4. The van der Waals surface area contributed by atoms with Crippen molar-refractivity contribution in [2.45, 2.75) is 98.0 Å². The third-order valence-corrected chi connectivity index (χ3v) is 10.2. The lowest BCUT2D eigenvalue weighted by Crippen LogP contribution is -2.58. The molecule has 31 heavy (non-hydrogen) atoms. The highest BCUT2D eigenvalue weighted by molar-refractivity contribution is 5.84. The predicted octanol–water partition coefficient (Wildman–Crippen LogP) is 5.26. The summed E-state index contributed by atoms with van der Waals surface area (Å²) in [6.45, 7) is 8.38. The highest BCUT2D eigenvalue weighted by Gasteiger charge is 2.63. The van der Waals surface area contributed by atoms with Crippen molar-refractivity contribution in [1.29, 1.82) is 0 Å². The number of carbonyl (C=O) groups is 3. The SMILES string of the molecule is CC(=O)O[C@H]1CC[C@@]2(C)[C@H](CC[C@H]3[C@@H]4CC[C@H]([C@@H](C)CCC(=O)O)[C@@]4(C)CC(=O)[C@@H]32)C1. The average molecular weight is 433 g/mol. The number of ketones is 1. The number of esters is 1. The van der Waals surface area contributed by atoms with Gasteiger partial charge in [-0.25, -0.2) is 0 Å². The van der Waals surface area contributed by atoms with Crippen molar-refractivity contribution in [1.82, 2.24) is 0 Å². The fraction of sp³-hybridized carbons (Fsp3) is 0.885. The molecule has 1 N–H and O–H groups in total. The van der Waals surface area contributed by atoms with E-state index in [0.29, 0.717) is 48.2 Å². The Morgan fingerprint density at radius 3 is 2.55 bits per heavy atom. The maximum Gasteiger partial charge on any atom is 0.303 e. The number of carboxylic acid groups (broad SMARTS) is 1. The lowest BCUT2D eigenvalue weighted by atomic mass is 9.44. The van der Waals surface area contributed by atoms with Crippen LogP contribution in [0.1, 0.15) is 91.9 Å². The minimum Gasteiger partial charge on any atom is -0.481 e. The Kier molecular flexibility index (Phi) is 6.02. The van der Waals surface area contributed by atoms with Crippen molar-refractivity contribution < 1.29 is 24.2 Å². The van der Waals surface area contributed by atoms with Gasteiger partial charge in [0, 0.05) is 25.7 Å². The smallest absolute Gasteiger partial charge is 0.303 e. The van der Waals surface area contributed by atoms with E-state index in [2.05, 4.69) is 20.8 Å². The molecule has 4 saturated carbocycles. The molecule has 0 bridgehead atoms. The van der Waals surface area contributed by atoms with Crippen LogP contribution >= 0.6 is 0 Å². The molecular formula is C26H40O5. The van der Waals surface area contributed by atoms with Gasteiger partial charge in [-0.1, -0.05) is 20.8 Å². The number of rotatable bonds is 5. The minimum absolute atomic E-state index is 0.0158. The topological polar surface area (TPSA) is 80.7 Å². The number of carbonyl (C=O) groups excluding carboxylic acids is 2. The van der Waals surface area contributed by atoms with E-state index in [1.165, 1.54) is 13.3 Å². The molecule has 0 heterocycles. The number of ether oxygens (including phenoxy) is 1. The summed E-state index contributed by atoms with van der Waals surface area (Å²) in [6.07, 6.45) is 8.93. The van der Waals surface area contributed by atoms with Gasteiger partial charge in [0.2, 0.25) is 0 Å². The highest BCUT2D eigenvalue weighted by Crippen LogP contribution is 2.67. The van der Waals surface area contributed by atoms with E-state index >= 15 is 0 Å². The molecule has 4 fully saturated rings. The second-order valence-electron chi connectivity index (χ2n) is 11.8. The van der Waals surface area contributed by atoms with Gasteiger partial charge in [0.05, 0.1) is 0 Å². The highest BCUT2D eigenvalue weighted by atomic mass is 16.5. The number of hydrogen-bond donors (Lipinski definition) is 1. The quantitative estimate of drug-likeness (QED) is 0.600. The summed E-state index contributed by atoms with van der Waals surface area (Å²) in [5, 5.41) is 9.12. The van der Waals surface area contributed by atoms with Gasteiger partial charge in [0.25, 0.3) is 0 Å². The molecular weight excluding hydrogens is 392 g/mol. The van der Waals surface area contributed by atoms with Crippen LogP contribution in [0.15, 0.2) is 0 Å². The fourth-order valence-electron chi connectivity index (χ4n) is 8.90. The van der Waals surface area contributed by atoms with Crippen molar-refractivity contribution in [3.63, 3.8) is 0 Å². The largest absolute Gasteiger partial charge is 0.481 e. The van der Waals surface area contributed by atoms with Gasteiger partial charge in [-0.3, -0.25) is 14.4 Å². The van der Waals surface area contributed by atoms with Gasteiger partial charge in [-0.15, -0.1) is 0 Å². The first-order valence-electron chi connectivity index (χ1n) is 12.5. The van der Waals surface area contributed by atoms with Crippen LogP contribution in [0.5, 0.6) is 0 Å². The molecule has 5 nitrogen and oxygen atoms in total. The Morgan fingerprint density at radius 2 is 1.87 bits per heavy atom. The van der Waals surface area contributed by atoms with Crippen LogP contribution in [-0.4, -0.2) is 28.9 Å². The molecule has 174 valence electrons. The molecule has 4 aliphatic carbocycles. The zero-order valence-electron chi connectivity index (χ0n) is 19.7. The van der Waals surface area contributed by atoms with Gasteiger partial charge in [-0.05, 0) is 91.8 Å². The van der Waals surface area contributed by atoms with E-state index in [0.717, 1.165) is 38.5 Å². The van der Waals surface area contributed by atoms with Crippen molar-refractivity contribution in [2.24, 2.45) is 46.3 Å². The maximum atomic E-state index is 13.8. The van der Waals surface area contributed by atoms with E-state index < -0.39 is 5.97 Å². The minimum atomic E-state index is -0.720. The third-order valence-electron chi connectivity index (χ3n) is 10.2. The van der Waals surface area contributed by atoms with Gasteiger partial charge in [-0.2, -0.15) is 0 Å². The predicted molar refractivity (Wildman–Crippen MR) is 117 cm³/mol. The van der Waals surface area contributed by atoms with Crippen LogP contribution < -0.4 is 0 Å². The lowest BCUT2D eigenvalue weighted by Gasteiger charge is -2.60. The van der Waals surface area contributed by atoms with Gasteiger partial charge in [0.1, 0.15) is 11.9 Å². The molecule has 0 aromatic carbocycles. The van der Waals surface area contributed by atoms with Crippen LogP contribution in [0.2, 0.25) is 0 Å². The van der Waals surface area contributed by atoms with Crippen molar-refractivity contribution >= 4 is 17.7 Å². The molecule has 0 aromatic rings. The lowest BCUT2D eigenvalue weighted by molar-refractivity contribution is -0.169. The van der Waals surface area contributed by atoms with Gasteiger partial charge >= 0.3 is 11.9 Å². The molecule has 0 amide bonds. The fourth-order valence-corrected chi connectivity index (χ4v) is 8.90. The summed E-state index contributed by atoms with van der Waals surface area (Å²) in [7, 11) is 0. The summed E-state index contributed by atoms with van der Waals surface area (Å²) >= 11 is 0. The summed E-state index contributed by atoms with van der Waals surface area (Å²) in [6, 6.07) is 0. The monoisotopic (exact) mass is 432 g/mol. The normalized spacial score (nSPS) is 45.2. The number of carboxylic acids is 1. The Balaban J connectivity index is 1.53. The summed E-state index contributed by atoms with van der Waals surface area (Å²) < 4.78 is 5.55. The van der Waals surface area contributed by atoms with E-state index in [1.807, 2.05) is 0 Å². The van der Waals surface area contributed by atoms with E-state index in [4.69, 9.17) is 9.84 Å². The molecule has 0 aliphatic heterocycles. The first-order valence-corrected chi connectivity index (χ1v) is 12.5. The second kappa shape index (κ2) is 8.19. The van der Waals surface area contributed by atoms with Crippen LogP contribution in [0.4, 0.5) is 0 Å². The molecule has 5 heteroatoms. The van der Waals surface area contributed by atoms with Crippen LogP contribution in [-0.2, 0) is 19.1 Å². The molecule has 9 atom stereocenters.